The van der Waals surface area contributed by atoms with Crippen molar-refractivity contribution in [3.05, 3.63) is 18.5 Å². The van der Waals surface area contributed by atoms with E-state index in [0.29, 0.717) is 5.95 Å². The quantitative estimate of drug-likeness (QED) is 0.731. The fraction of sp³-hybridized carbons (Fsp3) is 0.556. The van der Waals surface area contributed by atoms with Gasteiger partial charge in [0.05, 0.1) is 11.6 Å². The summed E-state index contributed by atoms with van der Waals surface area (Å²) >= 11 is 0. The highest BCUT2D eigenvalue weighted by Gasteiger charge is 2.22. The van der Waals surface area contributed by atoms with Crippen LogP contribution in [-0.2, 0) is 0 Å². The van der Waals surface area contributed by atoms with Crippen LogP contribution in [0.2, 0.25) is 0 Å². The van der Waals surface area contributed by atoms with Gasteiger partial charge in [0.25, 0.3) is 0 Å². The molecular formula is C9H15N3O. The summed E-state index contributed by atoms with van der Waals surface area (Å²) in [5, 5.41) is 12.6. The van der Waals surface area contributed by atoms with E-state index in [-0.39, 0.29) is 6.04 Å². The summed E-state index contributed by atoms with van der Waals surface area (Å²) in [6.07, 6.45) is 3.32. The van der Waals surface area contributed by atoms with Gasteiger partial charge in [-0.15, -0.1) is 0 Å². The molecule has 1 aromatic rings. The third-order valence-corrected chi connectivity index (χ3v) is 1.97. The maximum Gasteiger partial charge on any atom is 0.222 e. The lowest BCUT2D eigenvalue weighted by molar-refractivity contribution is 0.0646. The minimum atomic E-state index is -0.779. The first-order valence-corrected chi connectivity index (χ1v) is 4.26. The van der Waals surface area contributed by atoms with Crippen LogP contribution < -0.4 is 5.32 Å². The van der Waals surface area contributed by atoms with Crippen molar-refractivity contribution in [3.8, 4) is 0 Å². The molecule has 13 heavy (non-hydrogen) atoms. The minimum absolute atomic E-state index is 0.0881. The summed E-state index contributed by atoms with van der Waals surface area (Å²) in [5.74, 6) is 0.539. The molecule has 0 radical (unpaired) electrons. The predicted octanol–water partition coefficient (Wildman–Crippen LogP) is 1.05. The minimum Gasteiger partial charge on any atom is -0.388 e. The number of hydrogen-bond acceptors (Lipinski definition) is 4. The smallest absolute Gasteiger partial charge is 0.222 e. The van der Waals surface area contributed by atoms with Crippen molar-refractivity contribution in [2.24, 2.45) is 0 Å². The van der Waals surface area contributed by atoms with E-state index < -0.39 is 5.60 Å². The summed E-state index contributed by atoms with van der Waals surface area (Å²) < 4.78 is 0. The van der Waals surface area contributed by atoms with Gasteiger partial charge in [0.1, 0.15) is 0 Å². The second-order valence-electron chi connectivity index (χ2n) is 3.59. The molecule has 72 valence electrons. The van der Waals surface area contributed by atoms with Gasteiger partial charge in [-0.2, -0.15) is 0 Å². The van der Waals surface area contributed by atoms with E-state index in [1.165, 1.54) is 0 Å². The zero-order valence-corrected chi connectivity index (χ0v) is 8.15. The van der Waals surface area contributed by atoms with E-state index in [9.17, 15) is 5.11 Å². The molecule has 0 bridgehead atoms. The Bertz CT molecular complexity index is 255. The molecule has 1 rings (SSSR count). The molecule has 1 heterocycles. The van der Waals surface area contributed by atoms with E-state index in [1.54, 1.807) is 32.3 Å². The number of anilines is 1. The third kappa shape index (κ3) is 2.99. The van der Waals surface area contributed by atoms with Gasteiger partial charge in [0, 0.05) is 12.4 Å². The van der Waals surface area contributed by atoms with Crippen LogP contribution in [0.1, 0.15) is 20.8 Å². The van der Waals surface area contributed by atoms with Gasteiger partial charge < -0.3 is 10.4 Å². The molecule has 0 saturated heterocycles. The molecule has 0 amide bonds. The number of rotatable bonds is 3. The fourth-order valence-electron chi connectivity index (χ4n) is 0.744. The van der Waals surface area contributed by atoms with Crippen LogP contribution in [0.5, 0.6) is 0 Å². The molecule has 0 aliphatic heterocycles. The number of hydrogen-bond donors (Lipinski definition) is 2. The maximum absolute atomic E-state index is 9.63. The van der Waals surface area contributed by atoms with Crippen molar-refractivity contribution in [1.29, 1.82) is 0 Å². The lowest BCUT2D eigenvalue weighted by Crippen LogP contribution is -2.39. The summed E-state index contributed by atoms with van der Waals surface area (Å²) in [6, 6.07) is 1.66. The van der Waals surface area contributed by atoms with Gasteiger partial charge in [0.2, 0.25) is 5.95 Å². The molecule has 0 aliphatic carbocycles. The SMILES string of the molecule is C[C@H](Nc1ncccn1)C(C)(C)O. The molecule has 0 aliphatic rings. The monoisotopic (exact) mass is 181 g/mol. The Morgan fingerprint density at radius 2 is 1.92 bits per heavy atom. The molecule has 0 unspecified atom stereocenters. The number of aliphatic hydroxyl groups is 1. The van der Waals surface area contributed by atoms with Crippen molar-refractivity contribution < 1.29 is 5.11 Å². The zero-order chi connectivity index (χ0) is 9.90. The normalized spacial score (nSPS) is 13.8. The average Bonchev–Trinajstić information content (AvgIpc) is 2.04. The fourth-order valence-corrected chi connectivity index (χ4v) is 0.744. The van der Waals surface area contributed by atoms with Gasteiger partial charge in [0.15, 0.2) is 0 Å². The Morgan fingerprint density at radius 1 is 1.38 bits per heavy atom. The van der Waals surface area contributed by atoms with Crippen molar-refractivity contribution in [2.75, 3.05) is 5.32 Å². The van der Waals surface area contributed by atoms with E-state index in [1.807, 2.05) is 6.92 Å². The molecule has 0 saturated carbocycles. The van der Waals surface area contributed by atoms with E-state index in [4.69, 9.17) is 0 Å². The Hall–Kier alpha value is -1.16. The van der Waals surface area contributed by atoms with E-state index in [2.05, 4.69) is 15.3 Å². The van der Waals surface area contributed by atoms with Crippen molar-refractivity contribution in [2.45, 2.75) is 32.4 Å². The third-order valence-electron chi connectivity index (χ3n) is 1.97. The standard InChI is InChI=1S/C9H15N3O/c1-7(9(2,3)13)12-8-10-5-4-6-11-8/h4-7,13H,1-3H3,(H,10,11,12)/t7-/m0/s1. The molecule has 0 fully saturated rings. The molecule has 2 N–H and O–H groups in total. The van der Waals surface area contributed by atoms with Crippen LogP contribution in [0.4, 0.5) is 5.95 Å². The Kier molecular flexibility index (Phi) is 2.83. The van der Waals surface area contributed by atoms with E-state index >= 15 is 0 Å². The number of aromatic nitrogens is 2. The second-order valence-corrected chi connectivity index (χ2v) is 3.59. The summed E-state index contributed by atoms with van der Waals surface area (Å²) in [6.45, 7) is 5.37. The Labute approximate surface area is 78.0 Å². The first-order chi connectivity index (χ1) is 6.00. The number of nitrogens with zero attached hydrogens (tertiary/aromatic N) is 2. The van der Waals surface area contributed by atoms with Crippen LogP contribution in [0.15, 0.2) is 18.5 Å². The van der Waals surface area contributed by atoms with Crippen LogP contribution in [0, 0.1) is 0 Å². The average molecular weight is 181 g/mol. The Balaban J connectivity index is 2.61. The van der Waals surface area contributed by atoms with Crippen LogP contribution in [0.3, 0.4) is 0 Å². The molecule has 4 heteroatoms. The molecule has 0 aromatic carbocycles. The number of nitrogens with one attached hydrogen (secondary N) is 1. The van der Waals surface area contributed by atoms with Crippen molar-refractivity contribution >= 4 is 5.95 Å². The van der Waals surface area contributed by atoms with Gasteiger partial charge in [-0.1, -0.05) is 0 Å². The highest BCUT2D eigenvalue weighted by atomic mass is 16.3. The van der Waals surface area contributed by atoms with Crippen molar-refractivity contribution in [1.82, 2.24) is 9.97 Å². The highest BCUT2D eigenvalue weighted by Crippen LogP contribution is 2.11. The molecular weight excluding hydrogens is 166 g/mol. The first kappa shape index (κ1) is 9.92. The lowest BCUT2D eigenvalue weighted by atomic mass is 10.0. The Morgan fingerprint density at radius 3 is 2.38 bits per heavy atom. The molecule has 1 aromatic heterocycles. The lowest BCUT2D eigenvalue weighted by Gasteiger charge is -2.26. The maximum atomic E-state index is 9.63. The predicted molar refractivity (Wildman–Crippen MR) is 51.4 cm³/mol. The topological polar surface area (TPSA) is 58.0 Å². The van der Waals surface area contributed by atoms with Crippen LogP contribution in [-0.4, -0.2) is 26.7 Å². The molecule has 0 spiro atoms. The van der Waals surface area contributed by atoms with Crippen LogP contribution in [0.25, 0.3) is 0 Å². The van der Waals surface area contributed by atoms with Gasteiger partial charge in [-0.05, 0) is 26.8 Å². The largest absolute Gasteiger partial charge is 0.388 e. The molecule has 4 nitrogen and oxygen atoms in total. The summed E-state index contributed by atoms with van der Waals surface area (Å²) in [7, 11) is 0. The second kappa shape index (κ2) is 3.70. The van der Waals surface area contributed by atoms with Gasteiger partial charge in [-0.25, -0.2) is 9.97 Å². The van der Waals surface area contributed by atoms with Gasteiger partial charge >= 0.3 is 0 Å². The first-order valence-electron chi connectivity index (χ1n) is 4.26. The highest BCUT2D eigenvalue weighted by molar-refractivity contribution is 5.25. The summed E-state index contributed by atoms with van der Waals surface area (Å²) in [4.78, 5) is 8.00. The van der Waals surface area contributed by atoms with E-state index in [0.717, 1.165) is 0 Å². The molecule has 1 atom stereocenters. The zero-order valence-electron chi connectivity index (χ0n) is 8.15. The summed E-state index contributed by atoms with van der Waals surface area (Å²) in [5.41, 5.74) is -0.779. The van der Waals surface area contributed by atoms with Crippen molar-refractivity contribution in [3.63, 3.8) is 0 Å². The van der Waals surface area contributed by atoms with Gasteiger partial charge in [-0.3, -0.25) is 0 Å². The van der Waals surface area contributed by atoms with Crippen LogP contribution >= 0.6 is 0 Å².